The van der Waals surface area contributed by atoms with Crippen LogP contribution in [0.3, 0.4) is 0 Å². The first-order valence-corrected chi connectivity index (χ1v) is 4.95. The van der Waals surface area contributed by atoms with E-state index in [2.05, 4.69) is 0 Å². The Hall–Kier alpha value is -0.960. The molecule has 0 aliphatic rings. The average Bonchev–Trinajstić information content (AvgIpc) is 1.99. The summed E-state index contributed by atoms with van der Waals surface area (Å²) in [6, 6.07) is 3.49. The van der Waals surface area contributed by atoms with Crippen LogP contribution in [0, 0.1) is 20.8 Å². The Bertz CT molecular complexity index is 336. The lowest BCUT2D eigenvalue weighted by atomic mass is 9.93. The largest absolute Gasteiger partial charge is 0.396 e. The quantitative estimate of drug-likeness (QED) is 0.819. The molecule has 0 saturated heterocycles. The normalized spacial score (nSPS) is 11.9. The molecule has 1 aromatic carbocycles. The molecular formula is C12H16F2O. The van der Waals surface area contributed by atoms with Crippen LogP contribution in [0.5, 0.6) is 0 Å². The van der Waals surface area contributed by atoms with Crippen molar-refractivity contribution in [1.29, 1.82) is 0 Å². The molecule has 0 unspecified atom stereocenters. The molecule has 1 rings (SSSR count). The second-order valence-corrected chi connectivity index (χ2v) is 3.95. The van der Waals surface area contributed by atoms with Crippen molar-refractivity contribution < 1.29 is 13.9 Å². The maximum atomic E-state index is 13.6. The molecule has 1 nitrogen and oxygen atoms in total. The van der Waals surface area contributed by atoms with Gasteiger partial charge in [-0.3, -0.25) is 0 Å². The van der Waals surface area contributed by atoms with Crippen molar-refractivity contribution in [2.45, 2.75) is 33.1 Å². The lowest BCUT2D eigenvalue weighted by Crippen LogP contribution is -2.18. The van der Waals surface area contributed by atoms with E-state index in [9.17, 15) is 8.78 Å². The molecule has 0 aliphatic carbocycles. The fourth-order valence-corrected chi connectivity index (χ4v) is 2.02. The average molecular weight is 214 g/mol. The molecule has 1 N–H and O–H groups in total. The zero-order valence-corrected chi connectivity index (χ0v) is 9.27. The number of rotatable bonds is 3. The molecule has 0 saturated carbocycles. The standard InChI is InChI=1S/C12H16F2O/c1-8-6-9(2)11(10(3)7-8)12(13,14)4-5-15/h6-7,15H,4-5H2,1-3H3. The van der Waals surface area contributed by atoms with Gasteiger partial charge in [0.1, 0.15) is 0 Å². The number of aryl methyl sites for hydroxylation is 3. The molecule has 3 heteroatoms. The van der Waals surface area contributed by atoms with Gasteiger partial charge < -0.3 is 5.11 Å². The van der Waals surface area contributed by atoms with Crippen LogP contribution in [0.2, 0.25) is 0 Å². The minimum Gasteiger partial charge on any atom is -0.396 e. The molecule has 0 atom stereocenters. The summed E-state index contributed by atoms with van der Waals surface area (Å²) in [6.45, 7) is 4.74. The summed E-state index contributed by atoms with van der Waals surface area (Å²) in [6.07, 6.45) is -0.516. The van der Waals surface area contributed by atoms with E-state index in [1.165, 1.54) is 0 Å². The molecule has 0 bridgehead atoms. The SMILES string of the molecule is Cc1cc(C)c(C(F)(F)CCO)c(C)c1. The molecule has 0 heterocycles. The third-order valence-electron chi connectivity index (χ3n) is 2.47. The monoisotopic (exact) mass is 214 g/mol. The first-order chi connectivity index (χ1) is 6.88. The highest BCUT2D eigenvalue weighted by Crippen LogP contribution is 2.36. The van der Waals surface area contributed by atoms with Crippen LogP contribution in [-0.4, -0.2) is 11.7 Å². The van der Waals surface area contributed by atoms with E-state index in [1.54, 1.807) is 26.0 Å². The van der Waals surface area contributed by atoms with Gasteiger partial charge in [-0.15, -0.1) is 0 Å². The predicted octanol–water partition coefficient (Wildman–Crippen LogP) is 3.09. The summed E-state index contributed by atoms with van der Waals surface area (Å²) in [7, 11) is 0. The van der Waals surface area contributed by atoms with Crippen molar-refractivity contribution in [2.75, 3.05) is 6.61 Å². The van der Waals surface area contributed by atoms with E-state index in [1.807, 2.05) is 6.92 Å². The van der Waals surface area contributed by atoms with E-state index in [4.69, 9.17) is 5.11 Å². The predicted molar refractivity (Wildman–Crippen MR) is 56.2 cm³/mol. The molecule has 0 fully saturated rings. The molecule has 15 heavy (non-hydrogen) atoms. The van der Waals surface area contributed by atoms with Gasteiger partial charge in [-0.25, -0.2) is 8.78 Å². The Morgan fingerprint density at radius 1 is 1.13 bits per heavy atom. The molecule has 0 spiro atoms. The Morgan fingerprint density at radius 3 is 2.00 bits per heavy atom. The van der Waals surface area contributed by atoms with Crippen molar-refractivity contribution in [3.63, 3.8) is 0 Å². The van der Waals surface area contributed by atoms with Gasteiger partial charge in [0, 0.05) is 18.6 Å². The van der Waals surface area contributed by atoms with E-state index >= 15 is 0 Å². The second kappa shape index (κ2) is 4.27. The van der Waals surface area contributed by atoms with Crippen molar-refractivity contribution in [3.05, 3.63) is 34.4 Å². The molecule has 1 aromatic rings. The van der Waals surface area contributed by atoms with E-state index in [0.29, 0.717) is 11.1 Å². The molecule has 0 radical (unpaired) electrons. The third kappa shape index (κ3) is 2.53. The highest BCUT2D eigenvalue weighted by molar-refractivity contribution is 5.40. The summed E-state index contributed by atoms with van der Waals surface area (Å²) in [5.41, 5.74) is 2.22. The minimum absolute atomic E-state index is 0.0575. The van der Waals surface area contributed by atoms with Crippen molar-refractivity contribution >= 4 is 0 Å². The van der Waals surface area contributed by atoms with Crippen LogP contribution in [0.25, 0.3) is 0 Å². The second-order valence-electron chi connectivity index (χ2n) is 3.95. The van der Waals surface area contributed by atoms with Crippen LogP contribution in [0.1, 0.15) is 28.7 Å². The lowest BCUT2D eigenvalue weighted by Gasteiger charge is -2.20. The van der Waals surface area contributed by atoms with Gasteiger partial charge in [-0.1, -0.05) is 17.7 Å². The van der Waals surface area contributed by atoms with Gasteiger partial charge in [0.05, 0.1) is 0 Å². The van der Waals surface area contributed by atoms with Gasteiger partial charge in [0.15, 0.2) is 0 Å². The highest BCUT2D eigenvalue weighted by Gasteiger charge is 2.33. The summed E-state index contributed by atoms with van der Waals surface area (Å²) in [4.78, 5) is 0. The van der Waals surface area contributed by atoms with Crippen molar-refractivity contribution in [1.82, 2.24) is 0 Å². The van der Waals surface area contributed by atoms with Gasteiger partial charge in [-0.2, -0.15) is 0 Å². The Morgan fingerprint density at radius 2 is 1.60 bits per heavy atom. The summed E-state index contributed by atoms with van der Waals surface area (Å²) in [5.74, 6) is -2.93. The van der Waals surface area contributed by atoms with Crippen LogP contribution < -0.4 is 0 Å². The molecular weight excluding hydrogens is 198 g/mol. The van der Waals surface area contributed by atoms with Gasteiger partial charge in [0.2, 0.25) is 0 Å². The zero-order chi connectivity index (χ0) is 11.6. The fourth-order valence-electron chi connectivity index (χ4n) is 2.02. The number of hydrogen-bond acceptors (Lipinski definition) is 1. The summed E-state index contributed by atoms with van der Waals surface area (Å²) >= 11 is 0. The topological polar surface area (TPSA) is 20.2 Å². The van der Waals surface area contributed by atoms with Crippen molar-refractivity contribution in [2.24, 2.45) is 0 Å². The first kappa shape index (κ1) is 12.1. The van der Waals surface area contributed by atoms with Crippen LogP contribution in [0.15, 0.2) is 12.1 Å². The van der Waals surface area contributed by atoms with Gasteiger partial charge in [-0.05, 0) is 31.9 Å². The van der Waals surface area contributed by atoms with Crippen LogP contribution in [0.4, 0.5) is 8.78 Å². The number of halogens is 2. The molecule has 0 amide bonds. The summed E-state index contributed by atoms with van der Waals surface area (Å²) < 4.78 is 27.3. The maximum absolute atomic E-state index is 13.6. The number of hydrogen-bond donors (Lipinski definition) is 1. The smallest absolute Gasteiger partial charge is 0.275 e. The lowest BCUT2D eigenvalue weighted by molar-refractivity contribution is -0.0280. The molecule has 0 aliphatic heterocycles. The van der Waals surface area contributed by atoms with Gasteiger partial charge >= 0.3 is 0 Å². The fraction of sp³-hybridized carbons (Fsp3) is 0.500. The van der Waals surface area contributed by atoms with E-state index in [0.717, 1.165) is 5.56 Å². The van der Waals surface area contributed by atoms with E-state index < -0.39 is 19.0 Å². The first-order valence-electron chi connectivity index (χ1n) is 4.95. The highest BCUT2D eigenvalue weighted by atomic mass is 19.3. The van der Waals surface area contributed by atoms with Crippen LogP contribution >= 0.6 is 0 Å². The number of alkyl halides is 2. The Kier molecular flexibility index (Phi) is 3.45. The minimum atomic E-state index is -2.93. The molecule has 84 valence electrons. The third-order valence-corrected chi connectivity index (χ3v) is 2.47. The maximum Gasteiger partial charge on any atom is 0.275 e. The number of aliphatic hydroxyl groups is 1. The Labute approximate surface area is 88.7 Å². The zero-order valence-electron chi connectivity index (χ0n) is 9.27. The number of aliphatic hydroxyl groups excluding tert-OH is 1. The number of benzene rings is 1. The Balaban J connectivity index is 3.24. The molecule has 0 aromatic heterocycles. The van der Waals surface area contributed by atoms with Crippen LogP contribution in [-0.2, 0) is 5.92 Å². The summed E-state index contributed by atoms with van der Waals surface area (Å²) in [5, 5.41) is 8.62. The van der Waals surface area contributed by atoms with Crippen molar-refractivity contribution in [3.8, 4) is 0 Å². The van der Waals surface area contributed by atoms with Gasteiger partial charge in [0.25, 0.3) is 5.92 Å². The van der Waals surface area contributed by atoms with E-state index in [-0.39, 0.29) is 5.56 Å².